The van der Waals surface area contributed by atoms with Crippen LogP contribution < -0.4 is 5.32 Å². The van der Waals surface area contributed by atoms with Crippen molar-refractivity contribution in [2.24, 2.45) is 0 Å². The number of hydrogen-bond acceptors (Lipinski definition) is 5. The molecule has 3 rings (SSSR count). The van der Waals surface area contributed by atoms with Crippen molar-refractivity contribution in [3.8, 4) is 0 Å². The first-order valence-electron chi connectivity index (χ1n) is 8.08. The van der Waals surface area contributed by atoms with E-state index >= 15 is 0 Å². The van der Waals surface area contributed by atoms with Gasteiger partial charge in [-0.05, 0) is 31.0 Å². The second kappa shape index (κ2) is 8.53. The maximum atomic E-state index is 12.0. The molecule has 0 radical (unpaired) electrons. The van der Waals surface area contributed by atoms with Gasteiger partial charge in [-0.1, -0.05) is 42.1 Å². The van der Waals surface area contributed by atoms with Gasteiger partial charge in [0.1, 0.15) is 11.6 Å². The number of carbonyl (C=O) groups excluding carboxylic acids is 1. The molecule has 7 heteroatoms. The summed E-state index contributed by atoms with van der Waals surface area (Å²) in [5.74, 6) is 1.93. The number of amides is 1. The molecular formula is C18H20N4O2S. The Morgan fingerprint density at radius 3 is 2.80 bits per heavy atom. The molecule has 0 unspecified atom stereocenters. The number of furan rings is 1. The SMILES string of the molecule is Cc1nnc(SCC(=O)NCCc2ccccc2)n1Cc1ccco1. The van der Waals surface area contributed by atoms with Crippen LogP contribution in [-0.4, -0.2) is 33.0 Å². The predicted octanol–water partition coefficient (Wildman–Crippen LogP) is 2.68. The Labute approximate surface area is 150 Å². The number of aryl methyl sites for hydroxylation is 1. The summed E-state index contributed by atoms with van der Waals surface area (Å²) in [6, 6.07) is 13.9. The van der Waals surface area contributed by atoms with Gasteiger partial charge in [-0.25, -0.2) is 0 Å². The Kier molecular flexibility index (Phi) is 5.90. The number of hydrogen-bond donors (Lipinski definition) is 1. The molecule has 0 atom stereocenters. The van der Waals surface area contributed by atoms with Crippen molar-refractivity contribution in [3.05, 3.63) is 65.9 Å². The fourth-order valence-corrected chi connectivity index (χ4v) is 3.19. The number of thioether (sulfide) groups is 1. The van der Waals surface area contributed by atoms with Crippen LogP contribution in [0.15, 0.2) is 58.3 Å². The van der Waals surface area contributed by atoms with Gasteiger partial charge in [0.25, 0.3) is 0 Å². The Morgan fingerprint density at radius 2 is 2.04 bits per heavy atom. The van der Waals surface area contributed by atoms with E-state index in [-0.39, 0.29) is 5.91 Å². The van der Waals surface area contributed by atoms with Gasteiger partial charge in [0.05, 0.1) is 18.6 Å². The predicted molar refractivity (Wildman–Crippen MR) is 96.4 cm³/mol. The number of benzene rings is 1. The lowest BCUT2D eigenvalue weighted by molar-refractivity contribution is -0.118. The summed E-state index contributed by atoms with van der Waals surface area (Å²) in [5, 5.41) is 11.9. The highest BCUT2D eigenvalue weighted by Gasteiger charge is 2.13. The Morgan fingerprint density at radius 1 is 1.20 bits per heavy atom. The first-order valence-corrected chi connectivity index (χ1v) is 9.06. The molecule has 1 aromatic carbocycles. The van der Waals surface area contributed by atoms with Gasteiger partial charge < -0.3 is 9.73 Å². The van der Waals surface area contributed by atoms with Gasteiger partial charge >= 0.3 is 0 Å². The molecule has 0 aliphatic heterocycles. The highest BCUT2D eigenvalue weighted by atomic mass is 32.2. The number of aromatic nitrogens is 3. The minimum atomic E-state index is -0.00821. The van der Waals surface area contributed by atoms with E-state index < -0.39 is 0 Å². The van der Waals surface area contributed by atoms with E-state index in [1.165, 1.54) is 17.3 Å². The zero-order chi connectivity index (χ0) is 17.5. The van der Waals surface area contributed by atoms with Crippen LogP contribution in [0.25, 0.3) is 0 Å². The molecular weight excluding hydrogens is 336 g/mol. The normalized spacial score (nSPS) is 10.8. The summed E-state index contributed by atoms with van der Waals surface area (Å²) >= 11 is 1.38. The topological polar surface area (TPSA) is 73.0 Å². The van der Waals surface area contributed by atoms with Crippen molar-refractivity contribution < 1.29 is 9.21 Å². The van der Waals surface area contributed by atoms with Crippen LogP contribution in [-0.2, 0) is 17.8 Å². The fourth-order valence-electron chi connectivity index (χ4n) is 2.38. The molecule has 2 heterocycles. The van der Waals surface area contributed by atoms with Crippen LogP contribution in [0.5, 0.6) is 0 Å². The minimum Gasteiger partial charge on any atom is -0.467 e. The molecule has 0 spiro atoms. The van der Waals surface area contributed by atoms with Gasteiger partial charge in [-0.3, -0.25) is 9.36 Å². The van der Waals surface area contributed by atoms with Crippen molar-refractivity contribution in [1.82, 2.24) is 20.1 Å². The van der Waals surface area contributed by atoms with Crippen molar-refractivity contribution in [3.63, 3.8) is 0 Å². The molecule has 1 N–H and O–H groups in total. The lowest BCUT2D eigenvalue weighted by atomic mass is 10.1. The lowest BCUT2D eigenvalue weighted by Crippen LogP contribution is -2.27. The molecule has 0 saturated carbocycles. The molecule has 0 aliphatic carbocycles. The molecule has 1 amide bonds. The van der Waals surface area contributed by atoms with E-state index in [0.717, 1.165) is 18.0 Å². The van der Waals surface area contributed by atoms with Gasteiger partial charge in [0.2, 0.25) is 5.91 Å². The Balaban J connectivity index is 1.47. The molecule has 0 saturated heterocycles. The van der Waals surface area contributed by atoms with E-state index in [4.69, 9.17) is 4.42 Å². The van der Waals surface area contributed by atoms with Gasteiger partial charge in [0.15, 0.2) is 5.16 Å². The quantitative estimate of drug-likeness (QED) is 0.628. The summed E-state index contributed by atoms with van der Waals surface area (Å²) in [6.45, 7) is 3.07. The number of carbonyl (C=O) groups is 1. The van der Waals surface area contributed by atoms with Crippen LogP contribution >= 0.6 is 11.8 Å². The molecule has 2 aromatic heterocycles. The lowest BCUT2D eigenvalue weighted by Gasteiger charge is -2.07. The third kappa shape index (κ3) is 4.96. The highest BCUT2D eigenvalue weighted by Crippen LogP contribution is 2.18. The standard InChI is InChI=1S/C18H20N4O2S/c1-14-20-21-18(22(14)12-16-8-5-11-24-16)25-13-17(23)19-10-9-15-6-3-2-4-7-15/h2-8,11H,9-10,12-13H2,1H3,(H,19,23). The van der Waals surface area contributed by atoms with Crippen LogP contribution in [0, 0.1) is 6.92 Å². The van der Waals surface area contributed by atoms with E-state index in [1.54, 1.807) is 6.26 Å². The number of nitrogens with one attached hydrogen (secondary N) is 1. The average Bonchev–Trinajstić information content (AvgIpc) is 3.25. The van der Waals surface area contributed by atoms with E-state index in [0.29, 0.717) is 24.0 Å². The largest absolute Gasteiger partial charge is 0.467 e. The summed E-state index contributed by atoms with van der Waals surface area (Å²) in [5.41, 5.74) is 1.21. The third-order valence-electron chi connectivity index (χ3n) is 3.71. The monoisotopic (exact) mass is 356 g/mol. The van der Waals surface area contributed by atoms with E-state index in [2.05, 4.69) is 27.6 Å². The van der Waals surface area contributed by atoms with Crippen molar-refractivity contribution >= 4 is 17.7 Å². The molecule has 0 aliphatic rings. The number of nitrogens with zero attached hydrogens (tertiary/aromatic N) is 3. The highest BCUT2D eigenvalue weighted by molar-refractivity contribution is 7.99. The molecule has 0 fully saturated rings. The first kappa shape index (κ1) is 17.3. The Hall–Kier alpha value is -2.54. The Bertz CT molecular complexity index is 800. The maximum Gasteiger partial charge on any atom is 0.230 e. The molecule has 130 valence electrons. The number of rotatable bonds is 8. The van der Waals surface area contributed by atoms with Crippen LogP contribution in [0.1, 0.15) is 17.1 Å². The van der Waals surface area contributed by atoms with Gasteiger partial charge in [-0.2, -0.15) is 0 Å². The van der Waals surface area contributed by atoms with Crippen molar-refractivity contribution in [1.29, 1.82) is 0 Å². The molecule has 3 aromatic rings. The maximum absolute atomic E-state index is 12.0. The molecule has 25 heavy (non-hydrogen) atoms. The minimum absolute atomic E-state index is 0.00821. The fraction of sp³-hybridized carbons (Fsp3) is 0.278. The smallest absolute Gasteiger partial charge is 0.230 e. The zero-order valence-corrected chi connectivity index (χ0v) is 14.8. The summed E-state index contributed by atoms with van der Waals surface area (Å²) in [7, 11) is 0. The first-order chi connectivity index (χ1) is 12.2. The molecule has 6 nitrogen and oxygen atoms in total. The van der Waals surface area contributed by atoms with E-state index in [1.807, 2.05) is 41.8 Å². The van der Waals surface area contributed by atoms with Crippen molar-refractivity contribution in [2.75, 3.05) is 12.3 Å². The van der Waals surface area contributed by atoms with Gasteiger partial charge in [-0.15, -0.1) is 10.2 Å². The van der Waals surface area contributed by atoms with Crippen LogP contribution in [0.4, 0.5) is 0 Å². The van der Waals surface area contributed by atoms with Crippen molar-refractivity contribution in [2.45, 2.75) is 25.0 Å². The average molecular weight is 356 g/mol. The second-order valence-corrected chi connectivity index (χ2v) is 6.51. The molecule has 0 bridgehead atoms. The second-order valence-electron chi connectivity index (χ2n) is 5.57. The van der Waals surface area contributed by atoms with Crippen LogP contribution in [0.2, 0.25) is 0 Å². The van der Waals surface area contributed by atoms with Gasteiger partial charge in [0, 0.05) is 6.54 Å². The summed E-state index contributed by atoms with van der Waals surface area (Å²) in [6.07, 6.45) is 2.47. The third-order valence-corrected chi connectivity index (χ3v) is 4.67. The van der Waals surface area contributed by atoms with E-state index in [9.17, 15) is 4.79 Å². The summed E-state index contributed by atoms with van der Waals surface area (Å²) < 4.78 is 7.32. The van der Waals surface area contributed by atoms with Crippen LogP contribution in [0.3, 0.4) is 0 Å². The summed E-state index contributed by atoms with van der Waals surface area (Å²) in [4.78, 5) is 12.0. The zero-order valence-electron chi connectivity index (χ0n) is 14.0.